The zero-order valence-corrected chi connectivity index (χ0v) is 16.9. The van der Waals surface area contributed by atoms with Crippen LogP contribution in [0.1, 0.15) is 16.7 Å². The van der Waals surface area contributed by atoms with E-state index in [-0.39, 0.29) is 5.56 Å². The van der Waals surface area contributed by atoms with Crippen LogP contribution in [0.2, 0.25) is 0 Å². The number of aryl methyl sites for hydroxylation is 2. The second-order valence-electron chi connectivity index (χ2n) is 6.44. The molecule has 4 rings (SSSR count). The molecule has 0 aliphatic carbocycles. The number of fused-ring (bicyclic) bond motifs is 1. The van der Waals surface area contributed by atoms with Gasteiger partial charge in [0, 0.05) is 15.4 Å². The zero-order chi connectivity index (χ0) is 18.3. The molecule has 0 amide bonds. The van der Waals surface area contributed by atoms with Crippen molar-refractivity contribution in [1.29, 1.82) is 0 Å². The number of rotatable bonds is 3. The first-order chi connectivity index (χ1) is 12.5. The molecule has 0 saturated heterocycles. The first-order valence-electron chi connectivity index (χ1n) is 8.31. The summed E-state index contributed by atoms with van der Waals surface area (Å²) in [6, 6.07) is 14.3. The summed E-state index contributed by atoms with van der Waals surface area (Å²) in [6.45, 7) is 4.69. The van der Waals surface area contributed by atoms with Gasteiger partial charge in [-0.25, -0.2) is 4.98 Å². The van der Waals surface area contributed by atoms with Gasteiger partial charge in [0.05, 0.1) is 18.3 Å². The predicted molar refractivity (Wildman–Crippen MR) is 112 cm³/mol. The van der Waals surface area contributed by atoms with Gasteiger partial charge in [0.25, 0.3) is 5.56 Å². The van der Waals surface area contributed by atoms with E-state index in [1.807, 2.05) is 29.6 Å². The molecule has 3 nitrogen and oxygen atoms in total. The SMILES string of the molecule is Cc1ccc(-c2csc3ncn(Cc4cccc(Br)c4)c(=O)c23)cc1C. The average molecular weight is 425 g/mol. The molecule has 0 aliphatic rings. The Balaban J connectivity index is 1.84. The van der Waals surface area contributed by atoms with Crippen LogP contribution in [0.4, 0.5) is 0 Å². The van der Waals surface area contributed by atoms with E-state index in [0.717, 1.165) is 26.0 Å². The molecule has 0 N–H and O–H groups in total. The van der Waals surface area contributed by atoms with Gasteiger partial charge in [0.15, 0.2) is 0 Å². The van der Waals surface area contributed by atoms with E-state index in [4.69, 9.17) is 0 Å². The third kappa shape index (κ3) is 3.13. The molecule has 130 valence electrons. The topological polar surface area (TPSA) is 34.9 Å². The van der Waals surface area contributed by atoms with Crippen LogP contribution in [0.3, 0.4) is 0 Å². The Labute approximate surface area is 164 Å². The maximum atomic E-state index is 13.1. The molecule has 2 aromatic heterocycles. The minimum absolute atomic E-state index is 0.00412. The highest BCUT2D eigenvalue weighted by Gasteiger charge is 2.14. The molecule has 0 spiro atoms. The van der Waals surface area contributed by atoms with Gasteiger partial charge in [0.1, 0.15) is 4.83 Å². The van der Waals surface area contributed by atoms with Crippen molar-refractivity contribution in [3.63, 3.8) is 0 Å². The summed E-state index contributed by atoms with van der Waals surface area (Å²) in [5.74, 6) is 0. The minimum Gasteiger partial charge on any atom is -0.294 e. The summed E-state index contributed by atoms with van der Waals surface area (Å²) in [4.78, 5) is 18.4. The van der Waals surface area contributed by atoms with E-state index < -0.39 is 0 Å². The van der Waals surface area contributed by atoms with Crippen LogP contribution >= 0.6 is 27.3 Å². The fraction of sp³-hybridized carbons (Fsp3) is 0.143. The maximum Gasteiger partial charge on any atom is 0.263 e. The van der Waals surface area contributed by atoms with Crippen molar-refractivity contribution < 1.29 is 0 Å². The van der Waals surface area contributed by atoms with E-state index in [1.54, 1.807) is 10.9 Å². The van der Waals surface area contributed by atoms with Crippen LogP contribution in [-0.2, 0) is 6.54 Å². The van der Waals surface area contributed by atoms with Crippen LogP contribution in [0.25, 0.3) is 21.3 Å². The molecular formula is C21H17BrN2OS. The van der Waals surface area contributed by atoms with Crippen LogP contribution < -0.4 is 5.56 Å². The molecular weight excluding hydrogens is 408 g/mol. The molecule has 0 atom stereocenters. The lowest BCUT2D eigenvalue weighted by Crippen LogP contribution is -2.20. The monoisotopic (exact) mass is 424 g/mol. The molecule has 0 fully saturated rings. The van der Waals surface area contributed by atoms with E-state index in [0.29, 0.717) is 11.9 Å². The molecule has 0 aliphatic heterocycles. The van der Waals surface area contributed by atoms with Crippen molar-refractivity contribution >= 4 is 37.5 Å². The van der Waals surface area contributed by atoms with Crippen molar-refractivity contribution in [3.8, 4) is 11.1 Å². The lowest BCUT2D eigenvalue weighted by molar-refractivity contribution is 0.749. The molecule has 0 radical (unpaired) electrons. The van der Waals surface area contributed by atoms with Gasteiger partial charge < -0.3 is 0 Å². The van der Waals surface area contributed by atoms with Crippen molar-refractivity contribution in [2.45, 2.75) is 20.4 Å². The first kappa shape index (κ1) is 17.2. The molecule has 2 aromatic carbocycles. The summed E-state index contributed by atoms with van der Waals surface area (Å²) in [7, 11) is 0. The van der Waals surface area contributed by atoms with Gasteiger partial charge in [-0.15, -0.1) is 11.3 Å². The molecule has 2 heterocycles. The summed E-state index contributed by atoms with van der Waals surface area (Å²) < 4.78 is 2.69. The van der Waals surface area contributed by atoms with Gasteiger partial charge in [-0.1, -0.05) is 46.3 Å². The molecule has 26 heavy (non-hydrogen) atoms. The lowest BCUT2D eigenvalue weighted by atomic mass is 10.0. The minimum atomic E-state index is 0.00412. The number of aromatic nitrogens is 2. The Morgan fingerprint density at radius 3 is 2.73 bits per heavy atom. The van der Waals surface area contributed by atoms with Crippen LogP contribution in [0, 0.1) is 13.8 Å². The van der Waals surface area contributed by atoms with E-state index in [9.17, 15) is 4.79 Å². The molecule has 0 saturated carbocycles. The van der Waals surface area contributed by atoms with Crippen LogP contribution in [0.15, 0.2) is 63.4 Å². The molecule has 5 heteroatoms. The summed E-state index contributed by atoms with van der Waals surface area (Å²) in [6.07, 6.45) is 1.65. The number of thiophene rings is 1. The lowest BCUT2D eigenvalue weighted by Gasteiger charge is -2.08. The van der Waals surface area contributed by atoms with E-state index in [2.05, 4.69) is 53.0 Å². The van der Waals surface area contributed by atoms with Gasteiger partial charge in [-0.05, 0) is 48.2 Å². The van der Waals surface area contributed by atoms with Crippen LogP contribution in [0.5, 0.6) is 0 Å². The maximum absolute atomic E-state index is 13.1. The summed E-state index contributed by atoms with van der Waals surface area (Å²) in [5.41, 5.74) is 5.57. The second-order valence-corrected chi connectivity index (χ2v) is 8.21. The molecule has 0 unspecified atom stereocenters. The fourth-order valence-electron chi connectivity index (χ4n) is 3.03. The molecule has 4 aromatic rings. The predicted octanol–water partition coefficient (Wildman–Crippen LogP) is 5.55. The van der Waals surface area contributed by atoms with E-state index >= 15 is 0 Å². The number of halogens is 1. The Bertz CT molecular complexity index is 1180. The quantitative estimate of drug-likeness (QED) is 0.431. The third-order valence-corrected chi connectivity index (χ3v) is 6.00. The fourth-order valence-corrected chi connectivity index (χ4v) is 4.39. The van der Waals surface area contributed by atoms with Gasteiger partial charge in [-0.3, -0.25) is 9.36 Å². The Morgan fingerprint density at radius 2 is 1.96 bits per heavy atom. The zero-order valence-electron chi connectivity index (χ0n) is 14.5. The van der Waals surface area contributed by atoms with Gasteiger partial charge in [0.2, 0.25) is 0 Å². The van der Waals surface area contributed by atoms with Crippen LogP contribution in [-0.4, -0.2) is 9.55 Å². The number of hydrogen-bond donors (Lipinski definition) is 0. The number of benzene rings is 2. The third-order valence-electron chi connectivity index (χ3n) is 4.62. The van der Waals surface area contributed by atoms with Crippen molar-refractivity contribution in [3.05, 3.63) is 85.7 Å². The Morgan fingerprint density at radius 1 is 1.12 bits per heavy atom. The Hall–Kier alpha value is -2.24. The highest BCUT2D eigenvalue weighted by Crippen LogP contribution is 2.31. The van der Waals surface area contributed by atoms with E-state index in [1.165, 1.54) is 22.5 Å². The second kappa shape index (κ2) is 6.82. The smallest absolute Gasteiger partial charge is 0.263 e. The number of nitrogens with zero attached hydrogens (tertiary/aromatic N) is 2. The van der Waals surface area contributed by atoms with Gasteiger partial charge in [-0.2, -0.15) is 0 Å². The van der Waals surface area contributed by atoms with Crippen molar-refractivity contribution in [2.24, 2.45) is 0 Å². The largest absolute Gasteiger partial charge is 0.294 e. The van der Waals surface area contributed by atoms with Gasteiger partial charge >= 0.3 is 0 Å². The Kier molecular flexibility index (Phi) is 4.51. The van der Waals surface area contributed by atoms with Crippen molar-refractivity contribution in [2.75, 3.05) is 0 Å². The average Bonchev–Trinajstić information content (AvgIpc) is 3.05. The summed E-state index contributed by atoms with van der Waals surface area (Å²) in [5, 5.41) is 2.74. The number of hydrogen-bond acceptors (Lipinski definition) is 3. The highest BCUT2D eigenvalue weighted by atomic mass is 79.9. The molecule has 0 bridgehead atoms. The standard InChI is InChI=1S/C21H17BrN2OS/c1-13-6-7-16(8-14(13)2)18-11-26-20-19(18)21(25)24(12-23-20)10-15-4-3-5-17(22)9-15/h3-9,11-12H,10H2,1-2H3. The summed E-state index contributed by atoms with van der Waals surface area (Å²) >= 11 is 5.00. The highest BCUT2D eigenvalue weighted by molar-refractivity contribution is 9.10. The normalized spacial score (nSPS) is 11.2. The first-order valence-corrected chi connectivity index (χ1v) is 9.99. The van der Waals surface area contributed by atoms with Crippen molar-refractivity contribution in [1.82, 2.24) is 9.55 Å².